The molecule has 4 aromatic heterocycles. The molecule has 0 aliphatic rings. The minimum atomic E-state index is 0.665. The second-order valence-corrected chi connectivity index (χ2v) is 13.4. The Balaban J connectivity index is 1.32. The van der Waals surface area contributed by atoms with Crippen molar-refractivity contribution in [2.24, 2.45) is 0 Å². The molecule has 0 bridgehead atoms. The normalized spacial score (nSPS) is 12.2. The van der Waals surface area contributed by atoms with Crippen LogP contribution in [0, 0.1) is 0 Å². The molecule has 0 fully saturated rings. The van der Waals surface area contributed by atoms with Crippen LogP contribution in [0.5, 0.6) is 0 Å². The fourth-order valence-electron chi connectivity index (χ4n) is 7.70. The molecule has 0 radical (unpaired) electrons. The van der Waals surface area contributed by atoms with Crippen molar-refractivity contribution in [1.29, 1.82) is 0 Å². The van der Waals surface area contributed by atoms with Crippen molar-refractivity contribution in [3.8, 4) is 34.2 Å². The van der Waals surface area contributed by atoms with Crippen LogP contribution in [0.25, 0.3) is 103 Å². The van der Waals surface area contributed by atoms with Crippen LogP contribution < -0.4 is 0 Å². The molecule has 0 saturated heterocycles. The second kappa shape index (κ2) is 9.67. The summed E-state index contributed by atoms with van der Waals surface area (Å²) in [4.78, 5) is 15.6. The Morgan fingerprint density at radius 1 is 0.417 bits per heavy atom. The van der Waals surface area contributed by atoms with Crippen molar-refractivity contribution in [1.82, 2.24) is 19.4 Å². The Labute approximate surface area is 278 Å². The number of thiophene rings is 1. The molecule has 0 unspecified atom stereocenters. The highest BCUT2D eigenvalue weighted by Gasteiger charge is 2.25. The van der Waals surface area contributed by atoms with Crippen LogP contribution in [-0.4, -0.2) is 19.4 Å². The smallest absolute Gasteiger partial charge is 0.165 e. The zero-order valence-electron chi connectivity index (χ0n) is 25.6. The Kier molecular flexibility index (Phi) is 5.23. The van der Waals surface area contributed by atoms with Crippen molar-refractivity contribution < 1.29 is 0 Å². The van der Waals surface area contributed by atoms with Gasteiger partial charge in [0.1, 0.15) is 0 Å². The summed E-state index contributed by atoms with van der Waals surface area (Å²) in [5.74, 6) is 2.02. The standard InChI is InChI=1S/C43H24N4S/c1-2-13-26(14-3-1)41-44-42(31-21-10-15-25-12-4-5-17-28(25)31)46-43(45-41)33-24-27-16-11-20-30-29-18-6-8-22-34(29)47-35-23-9-7-19-32(35)40-38(47)37(36(27)30)39(33)48-40/h1-24H. The van der Waals surface area contributed by atoms with E-state index in [2.05, 4.69) is 132 Å². The van der Waals surface area contributed by atoms with Crippen LogP contribution in [0.4, 0.5) is 0 Å². The van der Waals surface area contributed by atoms with Gasteiger partial charge in [-0.25, -0.2) is 15.0 Å². The predicted octanol–water partition coefficient (Wildman–Crippen LogP) is 11.5. The fourth-order valence-corrected chi connectivity index (χ4v) is 9.04. The van der Waals surface area contributed by atoms with E-state index in [1.165, 1.54) is 58.3 Å². The number of aromatic nitrogens is 4. The lowest BCUT2D eigenvalue weighted by Gasteiger charge is -2.12. The summed E-state index contributed by atoms with van der Waals surface area (Å²) in [6, 6.07) is 51.6. The largest absolute Gasteiger partial charge is 0.307 e. The number of rotatable bonds is 3. The number of hydrogen-bond acceptors (Lipinski definition) is 4. The number of para-hydroxylation sites is 2. The average Bonchev–Trinajstić information content (AvgIpc) is 3.65. The van der Waals surface area contributed by atoms with Gasteiger partial charge in [0.05, 0.1) is 21.3 Å². The maximum atomic E-state index is 5.30. The highest BCUT2D eigenvalue weighted by atomic mass is 32.1. The van der Waals surface area contributed by atoms with Gasteiger partial charge in [0, 0.05) is 42.9 Å². The summed E-state index contributed by atoms with van der Waals surface area (Å²) >= 11 is 1.85. The second-order valence-electron chi connectivity index (χ2n) is 12.4. The van der Waals surface area contributed by atoms with E-state index in [1.807, 2.05) is 29.5 Å². The quantitative estimate of drug-likeness (QED) is 0.195. The molecule has 48 heavy (non-hydrogen) atoms. The highest BCUT2D eigenvalue weighted by Crippen LogP contribution is 2.50. The molecule has 0 saturated carbocycles. The van der Waals surface area contributed by atoms with Crippen LogP contribution in [0.2, 0.25) is 0 Å². The first-order valence-corrected chi connectivity index (χ1v) is 16.9. The molecule has 11 rings (SSSR count). The maximum Gasteiger partial charge on any atom is 0.165 e. The van der Waals surface area contributed by atoms with Gasteiger partial charge in [0.15, 0.2) is 17.5 Å². The van der Waals surface area contributed by atoms with Gasteiger partial charge in [-0.1, -0.05) is 127 Å². The topological polar surface area (TPSA) is 43.1 Å². The number of fused-ring (bicyclic) bond motifs is 7. The molecular weight excluding hydrogens is 605 g/mol. The molecule has 7 aromatic carbocycles. The third kappa shape index (κ3) is 3.51. The van der Waals surface area contributed by atoms with Gasteiger partial charge in [-0.15, -0.1) is 11.3 Å². The monoisotopic (exact) mass is 628 g/mol. The summed E-state index contributed by atoms with van der Waals surface area (Å²) in [5.41, 5.74) is 6.67. The Bertz CT molecular complexity index is 3060. The molecule has 0 N–H and O–H groups in total. The van der Waals surface area contributed by atoms with Gasteiger partial charge >= 0.3 is 0 Å². The Morgan fingerprint density at radius 2 is 1.02 bits per heavy atom. The van der Waals surface area contributed by atoms with Gasteiger partial charge < -0.3 is 4.40 Å². The van der Waals surface area contributed by atoms with Crippen LogP contribution in [0.1, 0.15) is 0 Å². The third-order valence-corrected chi connectivity index (χ3v) is 11.0. The van der Waals surface area contributed by atoms with E-state index in [0.29, 0.717) is 17.5 Å². The van der Waals surface area contributed by atoms with Gasteiger partial charge in [0.25, 0.3) is 0 Å². The zero-order chi connectivity index (χ0) is 31.3. The molecule has 0 amide bonds. The van der Waals surface area contributed by atoms with Gasteiger partial charge in [-0.3, -0.25) is 0 Å². The molecule has 0 spiro atoms. The molecule has 222 valence electrons. The fraction of sp³-hybridized carbons (Fsp3) is 0. The molecule has 0 atom stereocenters. The lowest BCUT2D eigenvalue weighted by atomic mass is 9.97. The van der Waals surface area contributed by atoms with Crippen molar-refractivity contribution in [3.05, 3.63) is 146 Å². The first-order chi connectivity index (χ1) is 23.8. The Hall–Kier alpha value is -6.17. The number of nitrogens with zero attached hydrogens (tertiary/aromatic N) is 4. The van der Waals surface area contributed by atoms with Gasteiger partial charge in [-0.2, -0.15) is 0 Å². The van der Waals surface area contributed by atoms with Crippen LogP contribution in [-0.2, 0) is 0 Å². The first-order valence-electron chi connectivity index (χ1n) is 16.1. The van der Waals surface area contributed by atoms with Crippen LogP contribution >= 0.6 is 11.3 Å². The van der Waals surface area contributed by atoms with E-state index in [-0.39, 0.29) is 0 Å². The first kappa shape index (κ1) is 26.0. The maximum absolute atomic E-state index is 5.30. The van der Waals surface area contributed by atoms with Crippen molar-refractivity contribution in [2.45, 2.75) is 0 Å². The number of hydrogen-bond donors (Lipinski definition) is 0. The molecule has 4 nitrogen and oxygen atoms in total. The minimum absolute atomic E-state index is 0.665. The zero-order valence-corrected chi connectivity index (χ0v) is 26.4. The molecule has 11 aromatic rings. The van der Waals surface area contributed by atoms with Crippen molar-refractivity contribution >= 4 is 80.4 Å². The van der Waals surface area contributed by atoms with Gasteiger partial charge in [0.2, 0.25) is 0 Å². The SMILES string of the molecule is c1ccc(-c2nc(-c3cccc4ccccc34)nc(-c3cc4cccc5c6ccccc6n6c7ccccc7c7sc3c(c45)c76)n2)cc1. The van der Waals surface area contributed by atoms with E-state index in [9.17, 15) is 0 Å². The highest BCUT2D eigenvalue weighted by molar-refractivity contribution is 7.27. The molecule has 0 aliphatic heterocycles. The van der Waals surface area contributed by atoms with E-state index in [4.69, 9.17) is 15.0 Å². The molecular formula is C43H24N4S. The Morgan fingerprint density at radius 3 is 1.88 bits per heavy atom. The summed E-state index contributed by atoms with van der Waals surface area (Å²) in [6.07, 6.45) is 0. The molecule has 0 aliphatic carbocycles. The van der Waals surface area contributed by atoms with E-state index in [1.54, 1.807) is 0 Å². The van der Waals surface area contributed by atoms with E-state index in [0.717, 1.165) is 27.5 Å². The average molecular weight is 629 g/mol. The van der Waals surface area contributed by atoms with Crippen molar-refractivity contribution in [3.63, 3.8) is 0 Å². The third-order valence-electron chi connectivity index (χ3n) is 9.76. The van der Waals surface area contributed by atoms with Crippen LogP contribution in [0.3, 0.4) is 0 Å². The van der Waals surface area contributed by atoms with E-state index >= 15 is 0 Å². The predicted molar refractivity (Wildman–Crippen MR) is 201 cm³/mol. The summed E-state index contributed by atoms with van der Waals surface area (Å²) in [6.45, 7) is 0. The van der Waals surface area contributed by atoms with Crippen molar-refractivity contribution in [2.75, 3.05) is 0 Å². The lowest BCUT2D eigenvalue weighted by molar-refractivity contribution is 1.08. The molecule has 4 heterocycles. The summed E-state index contributed by atoms with van der Waals surface area (Å²) in [7, 11) is 0. The summed E-state index contributed by atoms with van der Waals surface area (Å²) < 4.78 is 4.96. The van der Waals surface area contributed by atoms with Gasteiger partial charge in [-0.05, 0) is 39.7 Å². The van der Waals surface area contributed by atoms with E-state index < -0.39 is 0 Å². The lowest BCUT2D eigenvalue weighted by Crippen LogP contribution is -2.00. The summed E-state index contributed by atoms with van der Waals surface area (Å²) in [5, 5.41) is 9.76. The minimum Gasteiger partial charge on any atom is -0.307 e. The van der Waals surface area contributed by atoms with Crippen LogP contribution in [0.15, 0.2) is 146 Å². The molecule has 5 heteroatoms. The number of benzene rings is 7.